The molecule has 2 N–H and O–H groups in total. The van der Waals surface area contributed by atoms with Crippen LogP contribution in [-0.4, -0.2) is 30.3 Å². The molecule has 2 unspecified atom stereocenters. The molecule has 2 aliphatic carbocycles. The zero-order valence-electron chi connectivity index (χ0n) is 14.8. The molecule has 0 radical (unpaired) electrons. The molecule has 0 aliphatic heterocycles. The maximum Gasteiger partial charge on any atom is 0.407 e. The van der Waals surface area contributed by atoms with Gasteiger partial charge in [-0.1, -0.05) is 19.3 Å². The minimum absolute atomic E-state index is 0.209. The van der Waals surface area contributed by atoms with Crippen LogP contribution in [0.3, 0.4) is 0 Å². The van der Waals surface area contributed by atoms with Crippen molar-refractivity contribution in [3.8, 4) is 0 Å². The van der Waals surface area contributed by atoms with E-state index in [-0.39, 0.29) is 12.1 Å². The molecule has 4 heteroatoms. The maximum absolute atomic E-state index is 12.0. The summed E-state index contributed by atoms with van der Waals surface area (Å²) in [4.78, 5) is 12.0. The SMILES string of the molecule is CC(NCC(NC(=O)OC(C)(C)C)C1CC1)C1CCCCC1. The highest BCUT2D eigenvalue weighted by Crippen LogP contribution is 2.33. The molecule has 2 aliphatic rings. The van der Waals surface area contributed by atoms with E-state index in [2.05, 4.69) is 17.6 Å². The fraction of sp³-hybridized carbons (Fsp3) is 0.944. The second-order valence-electron chi connectivity index (χ2n) is 8.19. The van der Waals surface area contributed by atoms with Crippen molar-refractivity contribution in [3.05, 3.63) is 0 Å². The number of rotatable bonds is 6. The van der Waals surface area contributed by atoms with Crippen LogP contribution in [0.1, 0.15) is 72.6 Å². The average molecular weight is 310 g/mol. The van der Waals surface area contributed by atoms with Crippen LogP contribution in [0.25, 0.3) is 0 Å². The van der Waals surface area contributed by atoms with Crippen LogP contribution in [-0.2, 0) is 4.74 Å². The average Bonchev–Trinajstić information content (AvgIpc) is 3.26. The summed E-state index contributed by atoms with van der Waals surface area (Å²) in [6.07, 6.45) is 9.01. The lowest BCUT2D eigenvalue weighted by Gasteiger charge is -2.30. The molecular weight excluding hydrogens is 276 g/mol. The molecule has 2 fully saturated rings. The number of alkyl carbamates (subject to hydrolysis) is 1. The van der Waals surface area contributed by atoms with Crippen LogP contribution in [0.15, 0.2) is 0 Å². The van der Waals surface area contributed by atoms with Gasteiger partial charge in [0.15, 0.2) is 0 Å². The number of amides is 1. The zero-order valence-corrected chi connectivity index (χ0v) is 14.8. The van der Waals surface area contributed by atoms with Crippen LogP contribution in [0, 0.1) is 11.8 Å². The highest BCUT2D eigenvalue weighted by Gasteiger charge is 2.33. The van der Waals surface area contributed by atoms with Gasteiger partial charge in [0.1, 0.15) is 5.60 Å². The minimum Gasteiger partial charge on any atom is -0.444 e. The summed E-state index contributed by atoms with van der Waals surface area (Å²) in [7, 11) is 0. The van der Waals surface area contributed by atoms with Gasteiger partial charge >= 0.3 is 6.09 Å². The Morgan fingerprint density at radius 3 is 2.27 bits per heavy atom. The highest BCUT2D eigenvalue weighted by atomic mass is 16.6. The van der Waals surface area contributed by atoms with E-state index in [9.17, 15) is 4.79 Å². The smallest absolute Gasteiger partial charge is 0.407 e. The summed E-state index contributed by atoms with van der Waals surface area (Å²) in [5.41, 5.74) is -0.430. The van der Waals surface area contributed by atoms with Crippen LogP contribution >= 0.6 is 0 Å². The first-order chi connectivity index (χ1) is 10.3. The van der Waals surface area contributed by atoms with Crippen molar-refractivity contribution in [2.45, 2.75) is 90.3 Å². The number of hydrogen-bond donors (Lipinski definition) is 2. The number of ether oxygens (including phenoxy) is 1. The third kappa shape index (κ3) is 6.15. The standard InChI is InChI=1S/C18H34N2O2/c1-13(14-8-6-5-7-9-14)19-12-16(15-10-11-15)20-17(21)22-18(2,3)4/h13-16,19H,5-12H2,1-4H3,(H,20,21). The summed E-state index contributed by atoms with van der Waals surface area (Å²) in [6.45, 7) is 8.88. The van der Waals surface area contributed by atoms with Crippen LogP contribution < -0.4 is 10.6 Å². The first kappa shape index (κ1) is 17.6. The first-order valence-corrected chi connectivity index (χ1v) is 9.08. The summed E-state index contributed by atoms with van der Waals surface area (Å²) < 4.78 is 5.39. The topological polar surface area (TPSA) is 50.4 Å². The normalized spacial score (nSPS) is 22.9. The Bertz CT molecular complexity index is 355. The van der Waals surface area contributed by atoms with Gasteiger partial charge in [-0.2, -0.15) is 0 Å². The summed E-state index contributed by atoms with van der Waals surface area (Å²) in [5, 5.41) is 6.74. The molecule has 0 aromatic rings. The summed E-state index contributed by atoms with van der Waals surface area (Å²) in [5.74, 6) is 1.42. The largest absolute Gasteiger partial charge is 0.444 e. The van der Waals surface area contributed by atoms with Gasteiger partial charge in [-0.25, -0.2) is 4.79 Å². The Kier molecular flexibility index (Phi) is 6.13. The van der Waals surface area contributed by atoms with Gasteiger partial charge in [-0.05, 0) is 65.2 Å². The second-order valence-corrected chi connectivity index (χ2v) is 8.19. The van der Waals surface area contributed by atoms with Crippen molar-refractivity contribution in [3.63, 3.8) is 0 Å². The Labute approximate surface area is 135 Å². The van der Waals surface area contributed by atoms with Crippen LogP contribution in [0.4, 0.5) is 4.79 Å². The van der Waals surface area contributed by atoms with E-state index in [0.29, 0.717) is 12.0 Å². The minimum atomic E-state index is -0.430. The molecule has 4 nitrogen and oxygen atoms in total. The fourth-order valence-corrected chi connectivity index (χ4v) is 3.41. The fourth-order valence-electron chi connectivity index (χ4n) is 3.41. The first-order valence-electron chi connectivity index (χ1n) is 9.08. The van der Waals surface area contributed by atoms with Crippen molar-refractivity contribution >= 4 is 6.09 Å². The summed E-state index contributed by atoms with van der Waals surface area (Å²) >= 11 is 0. The van der Waals surface area contributed by atoms with Gasteiger partial charge in [0, 0.05) is 18.6 Å². The van der Waals surface area contributed by atoms with E-state index < -0.39 is 5.60 Å². The van der Waals surface area contributed by atoms with E-state index in [1.54, 1.807) is 0 Å². The third-order valence-electron chi connectivity index (χ3n) is 4.91. The Balaban J connectivity index is 1.75. The van der Waals surface area contributed by atoms with E-state index in [0.717, 1.165) is 12.5 Å². The Morgan fingerprint density at radius 1 is 1.09 bits per heavy atom. The lowest BCUT2D eigenvalue weighted by molar-refractivity contribution is 0.0496. The predicted octanol–water partition coefficient (Wildman–Crippen LogP) is 3.85. The van der Waals surface area contributed by atoms with Crippen LogP contribution in [0.2, 0.25) is 0 Å². The molecule has 2 saturated carbocycles. The number of hydrogen-bond acceptors (Lipinski definition) is 3. The summed E-state index contributed by atoms with van der Waals surface area (Å²) in [6, 6.07) is 0.753. The number of carbonyl (C=O) groups is 1. The molecule has 128 valence electrons. The number of nitrogens with one attached hydrogen (secondary N) is 2. The molecule has 0 bridgehead atoms. The van der Waals surface area contributed by atoms with Gasteiger partial charge in [0.25, 0.3) is 0 Å². The van der Waals surface area contributed by atoms with Crippen molar-refractivity contribution in [1.29, 1.82) is 0 Å². The Morgan fingerprint density at radius 2 is 1.73 bits per heavy atom. The maximum atomic E-state index is 12.0. The lowest BCUT2D eigenvalue weighted by Crippen LogP contribution is -2.48. The van der Waals surface area contributed by atoms with Gasteiger partial charge in [0.05, 0.1) is 0 Å². The molecule has 2 rings (SSSR count). The lowest BCUT2D eigenvalue weighted by atomic mass is 9.84. The second kappa shape index (κ2) is 7.67. The Hall–Kier alpha value is -0.770. The third-order valence-corrected chi connectivity index (χ3v) is 4.91. The van der Waals surface area contributed by atoms with E-state index in [4.69, 9.17) is 4.74 Å². The van der Waals surface area contributed by atoms with Crippen LogP contribution in [0.5, 0.6) is 0 Å². The van der Waals surface area contributed by atoms with E-state index >= 15 is 0 Å². The van der Waals surface area contributed by atoms with Crippen molar-refractivity contribution in [2.75, 3.05) is 6.54 Å². The van der Waals surface area contributed by atoms with Gasteiger partial charge < -0.3 is 15.4 Å². The van der Waals surface area contributed by atoms with Gasteiger partial charge in [-0.15, -0.1) is 0 Å². The van der Waals surface area contributed by atoms with Crippen molar-refractivity contribution < 1.29 is 9.53 Å². The van der Waals surface area contributed by atoms with Crippen molar-refractivity contribution in [1.82, 2.24) is 10.6 Å². The van der Waals surface area contributed by atoms with Gasteiger partial charge in [0.2, 0.25) is 0 Å². The molecule has 1 amide bonds. The molecule has 0 aromatic heterocycles. The highest BCUT2D eigenvalue weighted by molar-refractivity contribution is 5.68. The molecule has 0 aromatic carbocycles. The quantitative estimate of drug-likeness (QED) is 0.783. The monoisotopic (exact) mass is 310 g/mol. The molecule has 0 saturated heterocycles. The van der Waals surface area contributed by atoms with E-state index in [1.807, 2.05) is 20.8 Å². The number of carbonyl (C=O) groups excluding carboxylic acids is 1. The van der Waals surface area contributed by atoms with E-state index in [1.165, 1.54) is 44.9 Å². The van der Waals surface area contributed by atoms with Gasteiger partial charge in [-0.3, -0.25) is 0 Å². The molecular formula is C18H34N2O2. The van der Waals surface area contributed by atoms with Crippen molar-refractivity contribution in [2.24, 2.45) is 11.8 Å². The molecule has 22 heavy (non-hydrogen) atoms. The molecule has 0 spiro atoms. The molecule has 0 heterocycles. The zero-order chi connectivity index (χ0) is 16.2. The predicted molar refractivity (Wildman–Crippen MR) is 89.9 cm³/mol. The molecule has 2 atom stereocenters.